The fourth-order valence-corrected chi connectivity index (χ4v) is 9.65. The van der Waals surface area contributed by atoms with Gasteiger partial charge in [0.2, 0.25) is 5.95 Å². The van der Waals surface area contributed by atoms with Crippen LogP contribution in [0.5, 0.6) is 0 Å². The number of para-hydroxylation sites is 3. The molecule has 13 rings (SSSR count). The predicted octanol–water partition coefficient (Wildman–Crippen LogP) is 14.0. The first-order chi connectivity index (χ1) is 28.8. The molecule has 0 atom stereocenters. The van der Waals surface area contributed by atoms with Gasteiger partial charge < -0.3 is 4.40 Å². The molecular formula is C54H32N4. The van der Waals surface area contributed by atoms with Crippen molar-refractivity contribution in [2.24, 2.45) is 0 Å². The third kappa shape index (κ3) is 4.40. The summed E-state index contributed by atoms with van der Waals surface area (Å²) in [4.78, 5) is 10.7. The lowest BCUT2D eigenvalue weighted by atomic mass is 9.97. The van der Waals surface area contributed by atoms with Gasteiger partial charge in [0, 0.05) is 43.3 Å². The number of aromatic nitrogens is 4. The van der Waals surface area contributed by atoms with Crippen LogP contribution in [0, 0.1) is 0 Å². The van der Waals surface area contributed by atoms with Gasteiger partial charge in [-0.1, -0.05) is 140 Å². The second kappa shape index (κ2) is 11.8. The second-order valence-electron chi connectivity index (χ2n) is 15.4. The minimum atomic E-state index is 0.661. The molecule has 0 aliphatic heterocycles. The van der Waals surface area contributed by atoms with Gasteiger partial charge in [-0.05, 0) is 87.6 Å². The Balaban J connectivity index is 1.05. The summed E-state index contributed by atoms with van der Waals surface area (Å²) in [6.45, 7) is 0. The Labute approximate surface area is 332 Å². The van der Waals surface area contributed by atoms with E-state index in [1.165, 1.54) is 81.9 Å². The molecule has 0 spiro atoms. The molecule has 0 unspecified atom stereocenters. The first kappa shape index (κ1) is 31.4. The lowest BCUT2D eigenvalue weighted by Crippen LogP contribution is -2.03. The first-order valence-corrected chi connectivity index (χ1v) is 19.8. The number of fused-ring (bicyclic) bond motifs is 11. The molecule has 0 N–H and O–H groups in total. The number of hydrogen-bond donors (Lipinski definition) is 0. The minimum Gasteiger partial charge on any atom is -0.308 e. The van der Waals surface area contributed by atoms with Crippen molar-refractivity contribution in [3.63, 3.8) is 0 Å². The standard InChI is InChI=1S/C54H32N4/c1-2-13-33(14-3-1)35-25-27-50-44(29-35)46-32-37(31-45-40-19-8-10-23-48(40)57(50)53(45)46)36-26-28-51-43(30-36)39-18-7-11-24-49(39)58(51)54-55-47-22-9-6-20-42(47)52(56-54)41-21-12-16-34-15-4-5-17-38(34)41/h1-32H. The van der Waals surface area contributed by atoms with Gasteiger partial charge in [0.15, 0.2) is 0 Å². The average molecular weight is 737 g/mol. The van der Waals surface area contributed by atoms with E-state index >= 15 is 0 Å². The molecule has 0 saturated carbocycles. The smallest absolute Gasteiger partial charge is 0.235 e. The van der Waals surface area contributed by atoms with Crippen LogP contribution in [0.1, 0.15) is 0 Å². The van der Waals surface area contributed by atoms with E-state index in [9.17, 15) is 0 Å². The van der Waals surface area contributed by atoms with Crippen molar-refractivity contribution in [1.82, 2.24) is 18.9 Å². The largest absolute Gasteiger partial charge is 0.308 e. The summed E-state index contributed by atoms with van der Waals surface area (Å²) in [6, 6.07) is 70.2. The van der Waals surface area contributed by atoms with Gasteiger partial charge in [0.25, 0.3) is 0 Å². The maximum Gasteiger partial charge on any atom is 0.235 e. The van der Waals surface area contributed by atoms with Crippen LogP contribution >= 0.6 is 0 Å². The van der Waals surface area contributed by atoms with Crippen LogP contribution in [0.3, 0.4) is 0 Å². The summed E-state index contributed by atoms with van der Waals surface area (Å²) in [5.74, 6) is 0.661. The molecule has 9 aromatic carbocycles. The average Bonchev–Trinajstić information content (AvgIpc) is 3.93. The zero-order chi connectivity index (χ0) is 37.9. The molecule has 268 valence electrons. The van der Waals surface area contributed by atoms with Gasteiger partial charge in [0.05, 0.1) is 38.8 Å². The van der Waals surface area contributed by atoms with Gasteiger partial charge in [-0.25, -0.2) is 9.97 Å². The Hall–Kier alpha value is -7.82. The highest BCUT2D eigenvalue weighted by molar-refractivity contribution is 6.25. The number of benzene rings is 9. The van der Waals surface area contributed by atoms with Gasteiger partial charge >= 0.3 is 0 Å². The van der Waals surface area contributed by atoms with Crippen molar-refractivity contribution in [1.29, 1.82) is 0 Å². The minimum absolute atomic E-state index is 0.661. The number of nitrogens with zero attached hydrogens (tertiary/aromatic N) is 4. The van der Waals surface area contributed by atoms with Crippen molar-refractivity contribution in [3.05, 3.63) is 194 Å². The van der Waals surface area contributed by atoms with Crippen molar-refractivity contribution in [3.8, 4) is 39.5 Å². The van der Waals surface area contributed by atoms with E-state index in [1.807, 2.05) is 0 Å². The molecule has 4 aromatic heterocycles. The van der Waals surface area contributed by atoms with Crippen molar-refractivity contribution in [2.75, 3.05) is 0 Å². The molecule has 0 aliphatic carbocycles. The normalized spacial score (nSPS) is 12.1. The molecule has 0 aliphatic rings. The molecule has 4 heterocycles. The van der Waals surface area contributed by atoms with Crippen molar-refractivity contribution < 1.29 is 0 Å². The Kier molecular flexibility index (Phi) is 6.41. The molecule has 4 heteroatoms. The van der Waals surface area contributed by atoms with E-state index in [4.69, 9.17) is 9.97 Å². The molecule has 0 fully saturated rings. The number of hydrogen-bond acceptors (Lipinski definition) is 2. The quantitative estimate of drug-likeness (QED) is 0.180. The third-order valence-corrected chi connectivity index (χ3v) is 12.2. The summed E-state index contributed by atoms with van der Waals surface area (Å²) in [5, 5.41) is 10.8. The predicted molar refractivity (Wildman–Crippen MR) is 242 cm³/mol. The molecule has 0 bridgehead atoms. The summed E-state index contributed by atoms with van der Waals surface area (Å²) in [5.41, 5.74) is 13.7. The lowest BCUT2D eigenvalue weighted by Gasteiger charge is -2.13. The Morgan fingerprint density at radius 1 is 0.328 bits per heavy atom. The highest BCUT2D eigenvalue weighted by Gasteiger charge is 2.22. The molecule has 58 heavy (non-hydrogen) atoms. The first-order valence-electron chi connectivity index (χ1n) is 19.8. The van der Waals surface area contributed by atoms with Gasteiger partial charge in [-0.2, -0.15) is 0 Å². The highest BCUT2D eigenvalue weighted by Crippen LogP contribution is 2.44. The lowest BCUT2D eigenvalue weighted by molar-refractivity contribution is 1.01. The van der Waals surface area contributed by atoms with Crippen LogP contribution in [-0.4, -0.2) is 18.9 Å². The van der Waals surface area contributed by atoms with Gasteiger partial charge in [-0.15, -0.1) is 0 Å². The van der Waals surface area contributed by atoms with Crippen LogP contribution in [0.15, 0.2) is 194 Å². The van der Waals surface area contributed by atoms with Crippen LogP contribution < -0.4 is 0 Å². The Bertz CT molecular complexity index is 3790. The second-order valence-corrected chi connectivity index (χ2v) is 15.4. The monoisotopic (exact) mass is 736 g/mol. The summed E-state index contributed by atoms with van der Waals surface area (Å²) >= 11 is 0. The van der Waals surface area contributed by atoms with E-state index in [0.29, 0.717) is 5.95 Å². The zero-order valence-electron chi connectivity index (χ0n) is 31.3. The SMILES string of the molecule is c1ccc(-c2ccc3c(c2)c2cc(-c4ccc5c(c4)c4ccccc4n5-c4nc(-c5cccc6ccccc56)c5ccccc5n4)cc4c5ccccc5n3c42)cc1. The maximum atomic E-state index is 5.43. The van der Waals surface area contributed by atoms with E-state index in [0.717, 1.165) is 33.2 Å². The van der Waals surface area contributed by atoms with E-state index in [2.05, 4.69) is 203 Å². The Morgan fingerprint density at radius 2 is 0.879 bits per heavy atom. The van der Waals surface area contributed by atoms with Gasteiger partial charge in [0.1, 0.15) is 0 Å². The van der Waals surface area contributed by atoms with Crippen molar-refractivity contribution in [2.45, 2.75) is 0 Å². The Morgan fingerprint density at radius 3 is 1.71 bits per heavy atom. The van der Waals surface area contributed by atoms with Crippen LogP contribution in [-0.2, 0) is 0 Å². The van der Waals surface area contributed by atoms with E-state index < -0.39 is 0 Å². The fraction of sp³-hybridized carbons (Fsp3) is 0. The van der Waals surface area contributed by atoms with Crippen molar-refractivity contribution >= 4 is 81.6 Å². The summed E-state index contributed by atoms with van der Waals surface area (Å²) < 4.78 is 4.70. The third-order valence-electron chi connectivity index (χ3n) is 12.2. The van der Waals surface area contributed by atoms with Crippen LogP contribution in [0.4, 0.5) is 0 Å². The molecule has 4 nitrogen and oxygen atoms in total. The van der Waals surface area contributed by atoms with Gasteiger partial charge in [-0.3, -0.25) is 4.57 Å². The molecule has 0 saturated heterocycles. The maximum absolute atomic E-state index is 5.43. The summed E-state index contributed by atoms with van der Waals surface area (Å²) in [6.07, 6.45) is 0. The molecular weight excluding hydrogens is 705 g/mol. The topological polar surface area (TPSA) is 35.1 Å². The van der Waals surface area contributed by atoms with E-state index in [1.54, 1.807) is 0 Å². The number of rotatable bonds is 4. The molecule has 0 radical (unpaired) electrons. The van der Waals surface area contributed by atoms with Crippen LogP contribution in [0.25, 0.3) is 121 Å². The molecule has 0 amide bonds. The molecule has 13 aromatic rings. The van der Waals surface area contributed by atoms with Crippen LogP contribution in [0.2, 0.25) is 0 Å². The van der Waals surface area contributed by atoms with E-state index in [-0.39, 0.29) is 0 Å². The summed E-state index contributed by atoms with van der Waals surface area (Å²) in [7, 11) is 0. The fourth-order valence-electron chi connectivity index (χ4n) is 9.65. The zero-order valence-corrected chi connectivity index (χ0v) is 31.3. The highest BCUT2D eigenvalue weighted by atomic mass is 15.2.